The first-order chi connectivity index (χ1) is 5.39. The van der Waals surface area contributed by atoms with Crippen LogP contribution >= 0.6 is 0 Å². The van der Waals surface area contributed by atoms with Gasteiger partial charge in [0.15, 0.2) is 5.79 Å². The quantitative estimate of drug-likeness (QED) is 0.404. The molecule has 0 aromatic carbocycles. The summed E-state index contributed by atoms with van der Waals surface area (Å²) in [6.45, 7) is 9.79. The minimum absolute atomic E-state index is 0.525. The van der Waals surface area contributed by atoms with Crippen molar-refractivity contribution in [1.82, 2.24) is 5.48 Å². The Morgan fingerprint density at radius 1 is 1.25 bits per heavy atom. The summed E-state index contributed by atoms with van der Waals surface area (Å²) in [5, 5.41) is 0. The van der Waals surface area contributed by atoms with Crippen molar-refractivity contribution in [2.24, 2.45) is 0 Å². The van der Waals surface area contributed by atoms with Crippen molar-refractivity contribution in [3.63, 3.8) is 0 Å². The molecule has 0 rings (SSSR count). The molecule has 0 fully saturated rings. The molecule has 0 aliphatic carbocycles. The van der Waals surface area contributed by atoms with Crippen LogP contribution in [0.2, 0.25) is 0 Å². The Morgan fingerprint density at radius 2 is 1.75 bits per heavy atom. The monoisotopic (exact) mass is 189 g/mol. The molecule has 0 atom stereocenters. The third kappa shape index (κ3) is 4.53. The summed E-state index contributed by atoms with van der Waals surface area (Å²) < 4.78 is 5.20. The molecule has 1 N–H and O–H groups in total. The summed E-state index contributed by atoms with van der Waals surface area (Å²) in [6.07, 6.45) is 0. The summed E-state index contributed by atoms with van der Waals surface area (Å²) in [5.74, 6) is -0.525. The summed E-state index contributed by atoms with van der Waals surface area (Å²) in [4.78, 5) is 5.31. The maximum atomic E-state index is 5.31. The van der Waals surface area contributed by atoms with Gasteiger partial charge in [0.1, 0.15) is 10.5 Å². The first-order valence-corrected chi connectivity index (χ1v) is 4.84. The van der Waals surface area contributed by atoms with Gasteiger partial charge in [0.05, 0.1) is 0 Å². The Hall–Kier alpha value is -0.323. The van der Waals surface area contributed by atoms with Crippen LogP contribution in [0.5, 0.6) is 0 Å². The number of nitrogens with one attached hydrogen (secondary N) is 1. The van der Waals surface area contributed by atoms with E-state index in [1.807, 2.05) is 34.6 Å². The first-order valence-electron chi connectivity index (χ1n) is 4.02. The van der Waals surface area contributed by atoms with Crippen molar-refractivity contribution >= 4 is 10.5 Å². The Morgan fingerprint density at radius 3 is 2.08 bits per heavy atom. The van der Waals surface area contributed by atoms with Crippen LogP contribution in [0.4, 0.5) is 0 Å². The van der Waals surface area contributed by atoms with Gasteiger partial charge >= 0.3 is 0 Å². The SMILES string of the molecule is CC(C)=C(C)NOC(C)(C)O[SiH3]. The molecule has 0 aromatic rings. The van der Waals surface area contributed by atoms with E-state index < -0.39 is 5.79 Å². The smallest absolute Gasteiger partial charge is 0.178 e. The summed E-state index contributed by atoms with van der Waals surface area (Å²) >= 11 is 0. The number of hydroxylamine groups is 1. The van der Waals surface area contributed by atoms with Crippen LogP contribution < -0.4 is 5.48 Å². The first kappa shape index (κ1) is 11.7. The summed E-state index contributed by atoms with van der Waals surface area (Å²) in [7, 11) is 0.673. The van der Waals surface area contributed by atoms with Crippen molar-refractivity contribution in [3.05, 3.63) is 11.3 Å². The lowest BCUT2D eigenvalue weighted by Gasteiger charge is -2.24. The minimum Gasteiger partial charge on any atom is -0.400 e. The highest BCUT2D eigenvalue weighted by atomic mass is 28.2. The molecule has 0 bridgehead atoms. The van der Waals surface area contributed by atoms with Crippen molar-refractivity contribution in [2.75, 3.05) is 0 Å². The van der Waals surface area contributed by atoms with Crippen molar-refractivity contribution in [1.29, 1.82) is 0 Å². The fourth-order valence-corrected chi connectivity index (χ4v) is 0.427. The van der Waals surface area contributed by atoms with Crippen LogP contribution in [0.15, 0.2) is 11.3 Å². The van der Waals surface area contributed by atoms with Gasteiger partial charge in [-0.25, -0.2) is 4.84 Å². The van der Waals surface area contributed by atoms with Gasteiger partial charge in [-0.05, 0) is 34.6 Å². The molecule has 0 saturated carbocycles. The van der Waals surface area contributed by atoms with E-state index in [-0.39, 0.29) is 0 Å². The molecule has 0 unspecified atom stereocenters. The highest BCUT2D eigenvalue weighted by Crippen LogP contribution is 2.08. The minimum atomic E-state index is -0.525. The Labute approximate surface area is 77.6 Å². The molecule has 72 valence electrons. The number of hydrogen-bond donors (Lipinski definition) is 1. The molecule has 0 aliphatic rings. The van der Waals surface area contributed by atoms with Crippen LogP contribution in [0, 0.1) is 0 Å². The molecule has 0 aromatic heterocycles. The van der Waals surface area contributed by atoms with E-state index in [0.29, 0.717) is 10.5 Å². The van der Waals surface area contributed by atoms with Crippen molar-refractivity contribution < 1.29 is 9.26 Å². The molecule has 0 aliphatic heterocycles. The largest absolute Gasteiger partial charge is 0.400 e. The van der Waals surface area contributed by atoms with E-state index >= 15 is 0 Å². The van der Waals surface area contributed by atoms with Gasteiger partial charge in [0, 0.05) is 5.70 Å². The topological polar surface area (TPSA) is 30.5 Å². The number of hydrogen-bond acceptors (Lipinski definition) is 3. The van der Waals surface area contributed by atoms with Crippen LogP contribution in [0.3, 0.4) is 0 Å². The van der Waals surface area contributed by atoms with E-state index in [2.05, 4.69) is 5.48 Å². The predicted molar refractivity (Wildman–Crippen MR) is 53.4 cm³/mol. The Balaban J connectivity index is 3.92. The van der Waals surface area contributed by atoms with E-state index in [4.69, 9.17) is 9.26 Å². The van der Waals surface area contributed by atoms with Crippen molar-refractivity contribution in [2.45, 2.75) is 40.4 Å². The van der Waals surface area contributed by atoms with Crippen LogP contribution in [-0.2, 0) is 9.26 Å². The van der Waals surface area contributed by atoms with Gasteiger partial charge in [-0.15, -0.1) is 0 Å². The van der Waals surface area contributed by atoms with Crippen LogP contribution in [-0.4, -0.2) is 16.3 Å². The highest BCUT2D eigenvalue weighted by Gasteiger charge is 2.16. The van der Waals surface area contributed by atoms with Crippen LogP contribution in [0.25, 0.3) is 0 Å². The average Bonchev–Trinajstić information content (AvgIpc) is 2.00. The normalized spacial score (nSPS) is 11.4. The zero-order valence-electron chi connectivity index (χ0n) is 8.82. The maximum Gasteiger partial charge on any atom is 0.178 e. The van der Waals surface area contributed by atoms with Gasteiger partial charge in [0.2, 0.25) is 0 Å². The van der Waals surface area contributed by atoms with E-state index in [9.17, 15) is 0 Å². The molecule has 0 amide bonds. The number of allylic oxidation sites excluding steroid dienone is 2. The number of rotatable bonds is 4. The summed E-state index contributed by atoms with van der Waals surface area (Å²) in [6, 6.07) is 0. The average molecular weight is 189 g/mol. The molecule has 3 nitrogen and oxygen atoms in total. The second-order valence-electron chi connectivity index (χ2n) is 3.43. The molecule has 0 saturated heterocycles. The van der Waals surface area contributed by atoms with E-state index in [0.717, 1.165) is 5.70 Å². The fourth-order valence-electron chi connectivity index (χ4n) is 0.343. The lowest BCUT2D eigenvalue weighted by molar-refractivity contribution is -0.188. The molecule has 4 heteroatoms. The van der Waals surface area contributed by atoms with Gasteiger partial charge in [-0.1, -0.05) is 5.57 Å². The summed E-state index contributed by atoms with van der Waals surface area (Å²) in [5.41, 5.74) is 5.09. The molecule has 0 radical (unpaired) electrons. The predicted octanol–water partition coefficient (Wildman–Crippen LogP) is 0.854. The van der Waals surface area contributed by atoms with E-state index in [1.54, 1.807) is 0 Å². The lowest BCUT2D eigenvalue weighted by atomic mass is 10.3. The second-order valence-corrected chi connectivity index (χ2v) is 3.84. The fraction of sp³-hybridized carbons (Fsp3) is 0.750. The zero-order chi connectivity index (χ0) is 9.78. The highest BCUT2D eigenvalue weighted by molar-refractivity contribution is 5.98. The van der Waals surface area contributed by atoms with Gasteiger partial charge in [0.25, 0.3) is 0 Å². The van der Waals surface area contributed by atoms with Gasteiger partial charge in [-0.3, -0.25) is 5.48 Å². The molecular formula is C8H19NO2Si. The molecular weight excluding hydrogens is 170 g/mol. The third-order valence-electron chi connectivity index (χ3n) is 1.69. The third-order valence-corrected chi connectivity index (χ3v) is 2.67. The second kappa shape index (κ2) is 4.64. The Kier molecular flexibility index (Phi) is 4.52. The van der Waals surface area contributed by atoms with Gasteiger partial charge in [-0.2, -0.15) is 0 Å². The van der Waals surface area contributed by atoms with E-state index in [1.165, 1.54) is 5.57 Å². The van der Waals surface area contributed by atoms with Crippen molar-refractivity contribution in [3.8, 4) is 0 Å². The zero-order valence-corrected chi connectivity index (χ0v) is 10.8. The van der Waals surface area contributed by atoms with Crippen LogP contribution in [0.1, 0.15) is 34.6 Å². The maximum absolute atomic E-state index is 5.31. The molecule has 12 heavy (non-hydrogen) atoms. The standard InChI is InChI=1S/C8H19NO2Si/c1-6(2)7(3)9-10-8(4,5)11-12/h9H,1-5,12H3. The Bertz CT molecular complexity index is 174. The lowest BCUT2D eigenvalue weighted by Crippen LogP contribution is -2.33. The van der Waals surface area contributed by atoms with Gasteiger partial charge < -0.3 is 4.43 Å². The molecule has 0 heterocycles. The molecule has 0 spiro atoms.